The van der Waals surface area contributed by atoms with Gasteiger partial charge in [0.1, 0.15) is 0 Å². The van der Waals surface area contributed by atoms with Crippen LogP contribution in [0.2, 0.25) is 0 Å². The van der Waals surface area contributed by atoms with Crippen LogP contribution in [-0.4, -0.2) is 0 Å². The summed E-state index contributed by atoms with van der Waals surface area (Å²) in [4.78, 5) is 0. The van der Waals surface area contributed by atoms with Crippen LogP contribution in [0.15, 0.2) is 121 Å². The van der Waals surface area contributed by atoms with E-state index in [1.165, 1.54) is 136 Å². The molecule has 0 aromatic heterocycles. The summed E-state index contributed by atoms with van der Waals surface area (Å²) in [5, 5.41) is 3.70. The number of unbranched alkanes of at least 4 members (excludes halogenated alkanes) is 6. The number of aryl methyl sites for hydroxylation is 4. The molecule has 0 radical (unpaired) electrons. The van der Waals surface area contributed by atoms with Crippen molar-refractivity contribution in [2.24, 2.45) is 0 Å². The summed E-state index contributed by atoms with van der Waals surface area (Å²) in [6.07, 6.45) is 15.7. The Kier molecular flexibility index (Phi) is 12.5. The molecule has 1 nitrogen and oxygen atoms in total. The van der Waals surface area contributed by atoms with Crippen molar-refractivity contribution in [3.63, 3.8) is 0 Å². The number of hydrogen-bond acceptors (Lipinski definition) is 1. The first-order valence-electron chi connectivity index (χ1n) is 21.0. The van der Waals surface area contributed by atoms with E-state index in [1.807, 2.05) is 0 Å². The Labute approximate surface area is 325 Å². The molecule has 6 aromatic carbocycles. The van der Waals surface area contributed by atoms with Crippen molar-refractivity contribution in [3.8, 4) is 44.5 Å². The molecule has 1 N–H and O–H groups in total. The van der Waals surface area contributed by atoms with Gasteiger partial charge in [-0.05, 0) is 154 Å². The maximum atomic E-state index is 3.70. The largest absolute Gasteiger partial charge is 0.356 e. The monoisotopic (exact) mass is 709 g/mol. The molecule has 0 bridgehead atoms. The summed E-state index contributed by atoms with van der Waals surface area (Å²) >= 11 is 0. The highest BCUT2D eigenvalue weighted by molar-refractivity contribution is 5.84. The van der Waals surface area contributed by atoms with Crippen molar-refractivity contribution in [3.05, 3.63) is 155 Å². The van der Waals surface area contributed by atoms with Gasteiger partial charge < -0.3 is 5.32 Å². The van der Waals surface area contributed by atoms with Crippen molar-refractivity contribution in [2.75, 3.05) is 5.32 Å². The van der Waals surface area contributed by atoms with Crippen LogP contribution in [0.3, 0.4) is 0 Å². The van der Waals surface area contributed by atoms with E-state index < -0.39 is 0 Å². The third-order valence-corrected chi connectivity index (χ3v) is 11.6. The Balaban J connectivity index is 1.20. The minimum atomic E-state index is 1.04. The van der Waals surface area contributed by atoms with Crippen LogP contribution in [-0.2, 0) is 25.7 Å². The van der Waals surface area contributed by atoms with Crippen molar-refractivity contribution in [2.45, 2.75) is 111 Å². The van der Waals surface area contributed by atoms with E-state index in [2.05, 4.69) is 154 Å². The molecule has 0 amide bonds. The lowest BCUT2D eigenvalue weighted by Crippen LogP contribution is -2.00. The molecule has 0 aliphatic heterocycles. The lowest BCUT2D eigenvalue weighted by atomic mass is 9.85. The highest BCUT2D eigenvalue weighted by atomic mass is 14.9. The van der Waals surface area contributed by atoms with Gasteiger partial charge in [0.2, 0.25) is 0 Å². The summed E-state index contributed by atoms with van der Waals surface area (Å²) in [6.45, 7) is 9.14. The summed E-state index contributed by atoms with van der Waals surface area (Å²) in [5.41, 5.74) is 21.8. The number of fused-ring (bicyclic) bond motifs is 3. The third-order valence-electron chi connectivity index (χ3n) is 11.6. The number of anilines is 2. The van der Waals surface area contributed by atoms with E-state index in [4.69, 9.17) is 0 Å². The van der Waals surface area contributed by atoms with Gasteiger partial charge in [-0.3, -0.25) is 0 Å². The zero-order valence-electron chi connectivity index (χ0n) is 33.2. The lowest BCUT2D eigenvalue weighted by molar-refractivity contribution is 0.664. The average Bonchev–Trinajstić information content (AvgIpc) is 3.57. The molecule has 54 heavy (non-hydrogen) atoms. The Morgan fingerprint density at radius 1 is 0.426 bits per heavy atom. The molecule has 0 atom stereocenters. The first-order chi connectivity index (χ1) is 26.5. The van der Waals surface area contributed by atoms with Crippen molar-refractivity contribution < 1.29 is 0 Å². The molecule has 0 heterocycles. The number of hydrogen-bond donors (Lipinski definition) is 1. The molecule has 1 aliphatic carbocycles. The Morgan fingerprint density at radius 3 is 1.72 bits per heavy atom. The van der Waals surface area contributed by atoms with Gasteiger partial charge in [-0.25, -0.2) is 0 Å². The Morgan fingerprint density at radius 2 is 1.04 bits per heavy atom. The van der Waals surface area contributed by atoms with Crippen LogP contribution in [0.1, 0.15) is 112 Å². The quantitative estimate of drug-likeness (QED) is 0.0928. The summed E-state index contributed by atoms with van der Waals surface area (Å²) in [5.74, 6) is 0. The van der Waals surface area contributed by atoms with Crippen molar-refractivity contribution in [1.82, 2.24) is 0 Å². The van der Waals surface area contributed by atoms with E-state index in [-0.39, 0.29) is 0 Å². The highest BCUT2D eigenvalue weighted by Crippen LogP contribution is 2.42. The zero-order valence-corrected chi connectivity index (χ0v) is 33.2. The minimum Gasteiger partial charge on any atom is -0.356 e. The molecule has 0 spiro atoms. The van der Waals surface area contributed by atoms with Gasteiger partial charge in [-0.2, -0.15) is 0 Å². The number of nitrogens with one attached hydrogen (secondary N) is 1. The molecule has 0 fully saturated rings. The topological polar surface area (TPSA) is 12.0 Å². The predicted octanol–water partition coefficient (Wildman–Crippen LogP) is 15.5. The smallest absolute Gasteiger partial charge is 0.0387 e. The SMILES string of the molecule is CCCCCCc1cc(-c2ccc(Nc3ccc(-c4ccc(CCC)cc4)cc3)cc2C)c(CCCCCC)cc1-c1ccc2c(c1)-c1ccccc1C2. The fourth-order valence-electron chi connectivity index (χ4n) is 8.51. The number of rotatable bonds is 17. The van der Waals surface area contributed by atoms with Gasteiger partial charge in [0, 0.05) is 11.4 Å². The average molecular weight is 710 g/mol. The first kappa shape index (κ1) is 37.4. The third kappa shape index (κ3) is 8.73. The molecule has 0 unspecified atom stereocenters. The van der Waals surface area contributed by atoms with E-state index in [0.29, 0.717) is 0 Å². The van der Waals surface area contributed by atoms with Crippen LogP contribution in [0, 0.1) is 6.92 Å². The fraction of sp³-hybridized carbons (Fsp3) is 0.321. The zero-order chi connectivity index (χ0) is 37.3. The van der Waals surface area contributed by atoms with Crippen molar-refractivity contribution in [1.29, 1.82) is 0 Å². The molecule has 6 aromatic rings. The van der Waals surface area contributed by atoms with Gasteiger partial charge in [0.05, 0.1) is 0 Å². The predicted molar refractivity (Wildman–Crippen MR) is 235 cm³/mol. The summed E-state index contributed by atoms with van der Waals surface area (Å²) < 4.78 is 0. The fourth-order valence-corrected chi connectivity index (χ4v) is 8.51. The van der Waals surface area contributed by atoms with Gasteiger partial charge in [0.15, 0.2) is 0 Å². The Hall–Kier alpha value is -4.88. The molecule has 0 saturated carbocycles. The minimum absolute atomic E-state index is 1.04. The maximum Gasteiger partial charge on any atom is 0.0387 e. The van der Waals surface area contributed by atoms with E-state index in [9.17, 15) is 0 Å². The maximum absolute atomic E-state index is 3.70. The second-order valence-electron chi connectivity index (χ2n) is 15.7. The van der Waals surface area contributed by atoms with Crippen LogP contribution in [0.5, 0.6) is 0 Å². The van der Waals surface area contributed by atoms with Crippen molar-refractivity contribution >= 4 is 11.4 Å². The van der Waals surface area contributed by atoms with Crippen LogP contribution >= 0.6 is 0 Å². The number of benzene rings is 6. The van der Waals surface area contributed by atoms with Crippen LogP contribution in [0.4, 0.5) is 11.4 Å². The highest BCUT2D eigenvalue weighted by Gasteiger charge is 2.20. The Bertz CT molecular complexity index is 2150. The lowest BCUT2D eigenvalue weighted by Gasteiger charge is -2.20. The summed E-state index contributed by atoms with van der Waals surface area (Å²) in [7, 11) is 0. The molecular weight excluding hydrogens is 651 g/mol. The van der Waals surface area contributed by atoms with Crippen LogP contribution in [0.25, 0.3) is 44.5 Å². The van der Waals surface area contributed by atoms with Gasteiger partial charge >= 0.3 is 0 Å². The van der Waals surface area contributed by atoms with Gasteiger partial charge in [0.25, 0.3) is 0 Å². The second kappa shape index (κ2) is 18.0. The van der Waals surface area contributed by atoms with Gasteiger partial charge in [-0.15, -0.1) is 0 Å². The van der Waals surface area contributed by atoms with Gasteiger partial charge in [-0.1, -0.05) is 157 Å². The standard InChI is InChI=1S/C53H59N/c1-5-8-10-12-17-43-36-52(44(18-13-11-9-6-2)35-51(43)46-26-25-45-34-42-19-14-15-20-50(42)53(45)37-46)49-32-31-48(33-38(49)4)54-47-29-27-41(28-30-47)40-23-21-39(16-7-3)22-24-40/h14-15,19-33,35-37,54H,5-13,16-18,34H2,1-4H3. The molecule has 7 rings (SSSR count). The normalized spacial score (nSPS) is 11.8. The molecule has 0 saturated heterocycles. The summed E-state index contributed by atoms with van der Waals surface area (Å²) in [6, 6.07) is 46.3. The second-order valence-corrected chi connectivity index (χ2v) is 15.7. The molecular formula is C53H59N. The van der Waals surface area contributed by atoms with E-state index >= 15 is 0 Å². The van der Waals surface area contributed by atoms with Crippen LogP contribution < -0.4 is 5.32 Å². The molecule has 1 heteroatoms. The molecule has 276 valence electrons. The van der Waals surface area contributed by atoms with E-state index in [0.717, 1.165) is 37.1 Å². The van der Waals surface area contributed by atoms with E-state index in [1.54, 1.807) is 0 Å². The first-order valence-corrected chi connectivity index (χ1v) is 21.0. The molecule has 1 aliphatic rings.